The predicted octanol–water partition coefficient (Wildman–Crippen LogP) is -0.763. The third-order valence-corrected chi connectivity index (χ3v) is 2.32. The highest BCUT2D eigenvalue weighted by atomic mass is 32.2. The van der Waals surface area contributed by atoms with Crippen molar-refractivity contribution in [1.82, 2.24) is 4.31 Å². The Bertz CT molecular complexity index is 141. The third kappa shape index (κ3) is 2.02. The van der Waals surface area contributed by atoms with Crippen molar-refractivity contribution < 1.29 is 13.9 Å². The average molecular weight is 164 g/mol. The zero-order valence-corrected chi connectivity index (χ0v) is 6.34. The van der Waals surface area contributed by atoms with Crippen LogP contribution in [-0.4, -0.2) is 37.4 Å². The van der Waals surface area contributed by atoms with Crippen molar-refractivity contribution in [3.05, 3.63) is 0 Å². The summed E-state index contributed by atoms with van der Waals surface area (Å²) < 4.78 is 21.9. The lowest BCUT2D eigenvalue weighted by atomic mass is 10.1. The molecule has 1 unspecified atom stereocenters. The van der Waals surface area contributed by atoms with Crippen LogP contribution in [0.4, 0.5) is 0 Å². The topological polar surface area (TPSA) is 63.6 Å². The van der Waals surface area contributed by atoms with Gasteiger partial charge in [0.25, 0.3) is 0 Å². The number of piperidine rings is 1. The van der Waals surface area contributed by atoms with E-state index in [2.05, 4.69) is 0 Å². The summed E-state index contributed by atoms with van der Waals surface area (Å²) in [5.41, 5.74) is 0. The van der Waals surface area contributed by atoms with Gasteiger partial charge >= 0.3 is 0 Å². The number of β-amino-alcohol motifs (C(OH)–C–C–N with tert-alkyl or cyclic N) is 1. The minimum absolute atomic E-state index is 0.260. The van der Waals surface area contributed by atoms with Gasteiger partial charge in [-0.3, -0.25) is 4.21 Å². The molecule has 0 aromatic rings. The first kappa shape index (κ1) is 8.13. The first-order chi connectivity index (χ1) is 4.70. The maximum absolute atomic E-state index is 10.3. The van der Waals surface area contributed by atoms with Gasteiger partial charge in [0.15, 0.2) is 0 Å². The fraction of sp³-hybridized carbons (Fsp3) is 1.00. The Balaban J connectivity index is 2.39. The summed E-state index contributed by atoms with van der Waals surface area (Å²) in [7, 11) is 0. The molecule has 0 aliphatic carbocycles. The van der Waals surface area contributed by atoms with Gasteiger partial charge in [0.1, 0.15) is 0 Å². The standard InChI is InChI=1S/C5H11NO3S/c7-5-2-1-3-6(4-5)10(8)9/h5,7H,1-4H2,(H,8,9)/p-1/t5-/m0/s1. The normalized spacial score (nSPS) is 32.0. The Morgan fingerprint density at radius 3 is 2.80 bits per heavy atom. The molecule has 5 heteroatoms. The number of hydrogen-bond donors (Lipinski definition) is 1. The van der Waals surface area contributed by atoms with Crippen LogP contribution in [0, 0.1) is 0 Å². The molecule has 10 heavy (non-hydrogen) atoms. The molecule has 1 aliphatic rings. The largest absolute Gasteiger partial charge is 0.760 e. The van der Waals surface area contributed by atoms with Crippen LogP contribution in [-0.2, 0) is 11.3 Å². The molecule has 1 fully saturated rings. The second kappa shape index (κ2) is 3.43. The first-order valence-corrected chi connectivity index (χ1v) is 4.25. The molecule has 0 bridgehead atoms. The molecule has 1 rings (SSSR count). The maximum atomic E-state index is 10.3. The van der Waals surface area contributed by atoms with E-state index in [0.29, 0.717) is 13.0 Å². The van der Waals surface area contributed by atoms with Gasteiger partial charge in [-0.25, -0.2) is 4.31 Å². The molecule has 2 atom stereocenters. The minimum atomic E-state index is -2.15. The maximum Gasteiger partial charge on any atom is 0.0677 e. The van der Waals surface area contributed by atoms with Gasteiger partial charge in [-0.15, -0.1) is 0 Å². The highest BCUT2D eigenvalue weighted by Crippen LogP contribution is 2.09. The van der Waals surface area contributed by atoms with Crippen LogP contribution in [0.15, 0.2) is 0 Å². The Hall–Kier alpha value is 0.0300. The second-order valence-corrected chi connectivity index (χ2v) is 3.35. The van der Waals surface area contributed by atoms with Gasteiger partial charge in [-0.05, 0) is 12.8 Å². The Labute approximate surface area is 62.3 Å². The highest BCUT2D eigenvalue weighted by Gasteiger charge is 2.17. The number of rotatable bonds is 1. The first-order valence-electron chi connectivity index (χ1n) is 3.22. The molecule has 4 nitrogen and oxygen atoms in total. The quantitative estimate of drug-likeness (QED) is 0.518. The van der Waals surface area contributed by atoms with E-state index in [1.54, 1.807) is 0 Å². The zero-order chi connectivity index (χ0) is 7.56. The molecule has 1 N–H and O–H groups in total. The van der Waals surface area contributed by atoms with Gasteiger partial charge in [-0.2, -0.15) is 0 Å². The molecular formula is C5H10NO3S-. The SMILES string of the molecule is O=S([O-])N1CCC[C@H](O)C1. The van der Waals surface area contributed by atoms with Crippen LogP contribution in [0.1, 0.15) is 12.8 Å². The van der Waals surface area contributed by atoms with Crippen molar-refractivity contribution in [2.24, 2.45) is 0 Å². The van der Waals surface area contributed by atoms with Gasteiger partial charge in [-0.1, -0.05) is 0 Å². The summed E-state index contributed by atoms with van der Waals surface area (Å²) in [5, 5.41) is 9.01. The smallest absolute Gasteiger partial charge is 0.0677 e. The van der Waals surface area contributed by atoms with Crippen LogP contribution in [0.3, 0.4) is 0 Å². The van der Waals surface area contributed by atoms with Crippen LogP contribution >= 0.6 is 0 Å². The van der Waals surface area contributed by atoms with Crippen LogP contribution < -0.4 is 0 Å². The van der Waals surface area contributed by atoms with Gasteiger partial charge < -0.3 is 9.66 Å². The zero-order valence-electron chi connectivity index (χ0n) is 5.52. The molecule has 0 amide bonds. The van der Waals surface area contributed by atoms with Gasteiger partial charge in [0.05, 0.1) is 6.10 Å². The van der Waals surface area contributed by atoms with E-state index < -0.39 is 17.4 Å². The van der Waals surface area contributed by atoms with Crippen molar-refractivity contribution in [3.63, 3.8) is 0 Å². The molecule has 60 valence electrons. The molecule has 0 aromatic carbocycles. The van der Waals surface area contributed by atoms with E-state index >= 15 is 0 Å². The Kier molecular flexibility index (Phi) is 2.79. The number of hydrogen-bond acceptors (Lipinski definition) is 3. The van der Waals surface area contributed by atoms with Crippen molar-refractivity contribution >= 4 is 11.3 Å². The monoisotopic (exact) mass is 164 g/mol. The van der Waals surface area contributed by atoms with E-state index in [1.807, 2.05) is 0 Å². The lowest BCUT2D eigenvalue weighted by Gasteiger charge is -2.30. The number of nitrogens with zero attached hydrogens (tertiary/aromatic N) is 1. The lowest BCUT2D eigenvalue weighted by Crippen LogP contribution is -2.39. The lowest BCUT2D eigenvalue weighted by molar-refractivity contribution is 0.107. The summed E-state index contributed by atoms with van der Waals surface area (Å²) in [5.74, 6) is 0. The molecule has 0 spiro atoms. The Morgan fingerprint density at radius 1 is 1.70 bits per heavy atom. The van der Waals surface area contributed by atoms with Crippen LogP contribution in [0.5, 0.6) is 0 Å². The van der Waals surface area contributed by atoms with E-state index in [9.17, 15) is 8.76 Å². The summed E-state index contributed by atoms with van der Waals surface area (Å²) in [6.07, 6.45) is 1.01. The van der Waals surface area contributed by atoms with Crippen LogP contribution in [0.25, 0.3) is 0 Å². The summed E-state index contributed by atoms with van der Waals surface area (Å²) in [6, 6.07) is 0. The molecule has 1 aliphatic heterocycles. The van der Waals surface area contributed by atoms with E-state index in [4.69, 9.17) is 5.11 Å². The fourth-order valence-electron chi connectivity index (χ4n) is 1.06. The van der Waals surface area contributed by atoms with Crippen molar-refractivity contribution in [2.45, 2.75) is 18.9 Å². The molecule has 0 saturated carbocycles. The van der Waals surface area contributed by atoms with E-state index in [-0.39, 0.29) is 6.54 Å². The predicted molar refractivity (Wildman–Crippen MR) is 35.7 cm³/mol. The van der Waals surface area contributed by atoms with Crippen molar-refractivity contribution in [2.75, 3.05) is 13.1 Å². The molecular weight excluding hydrogens is 154 g/mol. The van der Waals surface area contributed by atoms with Crippen LogP contribution in [0.2, 0.25) is 0 Å². The molecule has 1 heterocycles. The van der Waals surface area contributed by atoms with Gasteiger partial charge in [0, 0.05) is 24.4 Å². The summed E-state index contributed by atoms with van der Waals surface area (Å²) in [4.78, 5) is 0. The molecule has 0 aromatic heterocycles. The third-order valence-electron chi connectivity index (χ3n) is 1.57. The average Bonchev–Trinajstić information content (AvgIpc) is 1.88. The highest BCUT2D eigenvalue weighted by molar-refractivity contribution is 7.76. The van der Waals surface area contributed by atoms with Gasteiger partial charge in [0.2, 0.25) is 0 Å². The molecule has 0 radical (unpaired) electrons. The second-order valence-electron chi connectivity index (χ2n) is 2.40. The molecule has 1 saturated heterocycles. The fourth-order valence-corrected chi connectivity index (χ4v) is 1.63. The number of aliphatic hydroxyl groups excluding tert-OH is 1. The van der Waals surface area contributed by atoms with Crippen molar-refractivity contribution in [1.29, 1.82) is 0 Å². The minimum Gasteiger partial charge on any atom is -0.760 e. The van der Waals surface area contributed by atoms with E-state index in [1.165, 1.54) is 4.31 Å². The Morgan fingerprint density at radius 2 is 2.40 bits per heavy atom. The number of aliphatic hydroxyl groups is 1. The van der Waals surface area contributed by atoms with Crippen molar-refractivity contribution in [3.8, 4) is 0 Å². The summed E-state index contributed by atoms with van der Waals surface area (Å²) in [6.45, 7) is 0.809. The summed E-state index contributed by atoms with van der Waals surface area (Å²) >= 11 is -2.15. The van der Waals surface area contributed by atoms with E-state index in [0.717, 1.165) is 6.42 Å².